The Kier molecular flexibility index (Phi) is 5.77. The zero-order chi connectivity index (χ0) is 10.7. The molecule has 94 valence electrons. The zero-order valence-electron chi connectivity index (χ0n) is 9.45. The lowest BCUT2D eigenvalue weighted by atomic mass is 10.1. The fourth-order valence-corrected chi connectivity index (χ4v) is 4.12. The van der Waals surface area contributed by atoms with E-state index in [-0.39, 0.29) is 29.1 Å². The summed E-state index contributed by atoms with van der Waals surface area (Å²) in [5.74, 6) is 3.23. The van der Waals surface area contributed by atoms with Gasteiger partial charge in [0.15, 0.2) is 0 Å². The van der Waals surface area contributed by atoms with Gasteiger partial charge in [0.25, 0.3) is 0 Å². The number of hydrogen-bond acceptors (Lipinski definition) is 4. The Hall–Kier alpha value is 0.420. The predicted octanol–water partition coefficient (Wildman–Crippen LogP) is 1.47. The van der Waals surface area contributed by atoms with Gasteiger partial charge in [0.1, 0.15) is 0 Å². The molecule has 3 nitrogen and oxygen atoms in total. The van der Waals surface area contributed by atoms with Crippen LogP contribution in [0.4, 0.5) is 0 Å². The van der Waals surface area contributed by atoms with Gasteiger partial charge in [-0.3, -0.25) is 10.1 Å². The molecule has 2 heterocycles. The first-order chi connectivity index (χ1) is 7.20. The van der Waals surface area contributed by atoms with E-state index in [0.717, 1.165) is 18.2 Å². The number of thioether (sulfide) groups is 2. The standard InChI is InChI=1S/C10H18N2OS2.ClH/c1-10(3-2-4-15-10)6-11-9(13)8-5-14-7-12-8;/h8,12H,2-7H2,1H3,(H,11,13);1H/t8-,10?;/m1./s1. The maximum absolute atomic E-state index is 11.7. The van der Waals surface area contributed by atoms with Gasteiger partial charge in [-0.25, -0.2) is 0 Å². The van der Waals surface area contributed by atoms with E-state index in [4.69, 9.17) is 0 Å². The Morgan fingerprint density at radius 2 is 2.44 bits per heavy atom. The van der Waals surface area contributed by atoms with Crippen molar-refractivity contribution in [1.29, 1.82) is 0 Å². The van der Waals surface area contributed by atoms with Gasteiger partial charge in [0.2, 0.25) is 5.91 Å². The van der Waals surface area contributed by atoms with Crippen LogP contribution in [0, 0.1) is 0 Å². The molecule has 2 aliphatic rings. The largest absolute Gasteiger partial charge is 0.353 e. The second-order valence-electron chi connectivity index (χ2n) is 4.39. The van der Waals surface area contributed by atoms with Crippen molar-refractivity contribution in [3.63, 3.8) is 0 Å². The molecule has 16 heavy (non-hydrogen) atoms. The molecule has 0 bridgehead atoms. The third-order valence-corrected chi connectivity index (χ3v) is 5.45. The molecule has 0 aromatic heterocycles. The maximum Gasteiger partial charge on any atom is 0.238 e. The zero-order valence-corrected chi connectivity index (χ0v) is 11.9. The van der Waals surface area contributed by atoms with Gasteiger partial charge in [-0.1, -0.05) is 0 Å². The highest BCUT2D eigenvalue weighted by molar-refractivity contribution is 8.00. The number of halogens is 1. The maximum atomic E-state index is 11.7. The van der Waals surface area contributed by atoms with Gasteiger partial charge in [0, 0.05) is 22.9 Å². The van der Waals surface area contributed by atoms with E-state index in [2.05, 4.69) is 17.6 Å². The van der Waals surface area contributed by atoms with E-state index < -0.39 is 0 Å². The monoisotopic (exact) mass is 282 g/mol. The van der Waals surface area contributed by atoms with Gasteiger partial charge < -0.3 is 5.32 Å². The van der Waals surface area contributed by atoms with Crippen LogP contribution in [-0.4, -0.2) is 40.6 Å². The van der Waals surface area contributed by atoms with E-state index in [0.29, 0.717) is 0 Å². The first-order valence-electron chi connectivity index (χ1n) is 5.42. The minimum atomic E-state index is 0. The van der Waals surface area contributed by atoms with E-state index in [9.17, 15) is 4.79 Å². The van der Waals surface area contributed by atoms with Crippen molar-refractivity contribution >= 4 is 41.8 Å². The summed E-state index contributed by atoms with van der Waals surface area (Å²) in [6, 6.07) is 0.0324. The van der Waals surface area contributed by atoms with Crippen LogP contribution >= 0.6 is 35.9 Å². The van der Waals surface area contributed by atoms with E-state index >= 15 is 0 Å². The summed E-state index contributed by atoms with van der Waals surface area (Å²) in [5.41, 5.74) is 0. The summed E-state index contributed by atoms with van der Waals surface area (Å²) >= 11 is 3.78. The van der Waals surface area contributed by atoms with Gasteiger partial charge in [-0.05, 0) is 25.5 Å². The van der Waals surface area contributed by atoms with Crippen molar-refractivity contribution in [1.82, 2.24) is 10.6 Å². The van der Waals surface area contributed by atoms with Crippen LogP contribution < -0.4 is 10.6 Å². The SMILES string of the molecule is CC1(CNC(=O)[C@H]2CSCN2)CCCS1.Cl. The van der Waals surface area contributed by atoms with Crippen LogP contribution in [0.25, 0.3) is 0 Å². The topological polar surface area (TPSA) is 41.1 Å². The van der Waals surface area contributed by atoms with Crippen molar-refractivity contribution in [2.45, 2.75) is 30.6 Å². The Balaban J connectivity index is 0.00000128. The van der Waals surface area contributed by atoms with Gasteiger partial charge >= 0.3 is 0 Å². The second-order valence-corrected chi connectivity index (χ2v) is 7.10. The molecule has 1 unspecified atom stereocenters. The van der Waals surface area contributed by atoms with Crippen LogP contribution in [0.2, 0.25) is 0 Å². The molecule has 0 radical (unpaired) electrons. The highest BCUT2D eigenvalue weighted by atomic mass is 35.5. The molecule has 2 saturated heterocycles. The summed E-state index contributed by atoms with van der Waals surface area (Å²) < 4.78 is 0.279. The van der Waals surface area contributed by atoms with E-state index in [1.807, 2.05) is 11.8 Å². The number of rotatable bonds is 3. The molecular weight excluding hydrogens is 264 g/mol. The summed E-state index contributed by atoms with van der Waals surface area (Å²) in [6.07, 6.45) is 2.51. The van der Waals surface area contributed by atoms with Crippen molar-refractivity contribution in [2.75, 3.05) is 23.9 Å². The minimum Gasteiger partial charge on any atom is -0.353 e. The first-order valence-corrected chi connectivity index (χ1v) is 7.56. The van der Waals surface area contributed by atoms with Crippen molar-refractivity contribution in [3.8, 4) is 0 Å². The molecule has 0 aromatic rings. The van der Waals surface area contributed by atoms with Crippen LogP contribution in [0.1, 0.15) is 19.8 Å². The third-order valence-electron chi connectivity index (χ3n) is 2.97. The lowest BCUT2D eigenvalue weighted by Gasteiger charge is -2.23. The summed E-state index contributed by atoms with van der Waals surface area (Å²) in [5, 5.41) is 6.26. The normalized spacial score (nSPS) is 33.4. The number of amides is 1. The average molecular weight is 283 g/mol. The van der Waals surface area contributed by atoms with Crippen LogP contribution in [0.3, 0.4) is 0 Å². The predicted molar refractivity (Wildman–Crippen MR) is 74.6 cm³/mol. The van der Waals surface area contributed by atoms with Crippen LogP contribution in [0.15, 0.2) is 0 Å². The Labute approximate surface area is 112 Å². The molecule has 0 aromatic carbocycles. The molecular formula is C10H19ClN2OS2. The van der Waals surface area contributed by atoms with Crippen LogP contribution in [0.5, 0.6) is 0 Å². The number of carbonyl (C=O) groups is 1. The van der Waals surface area contributed by atoms with Crippen molar-refractivity contribution in [2.24, 2.45) is 0 Å². The number of carbonyl (C=O) groups excluding carboxylic acids is 1. The summed E-state index contributed by atoms with van der Waals surface area (Å²) in [6.45, 7) is 3.07. The Bertz CT molecular complexity index is 241. The van der Waals surface area contributed by atoms with Crippen molar-refractivity contribution in [3.05, 3.63) is 0 Å². The average Bonchev–Trinajstić information content (AvgIpc) is 2.85. The Morgan fingerprint density at radius 1 is 1.62 bits per heavy atom. The fourth-order valence-electron chi connectivity index (χ4n) is 1.94. The first kappa shape index (κ1) is 14.5. The van der Waals surface area contributed by atoms with Gasteiger partial charge in [0.05, 0.1) is 6.04 Å². The van der Waals surface area contributed by atoms with Crippen LogP contribution in [-0.2, 0) is 4.79 Å². The Morgan fingerprint density at radius 3 is 3.00 bits per heavy atom. The smallest absolute Gasteiger partial charge is 0.238 e. The number of nitrogens with one attached hydrogen (secondary N) is 2. The molecule has 2 rings (SSSR count). The fraction of sp³-hybridized carbons (Fsp3) is 0.900. The summed E-state index contributed by atoms with van der Waals surface area (Å²) in [7, 11) is 0. The molecule has 0 saturated carbocycles. The molecule has 2 fully saturated rings. The molecule has 2 N–H and O–H groups in total. The summed E-state index contributed by atoms with van der Waals surface area (Å²) in [4.78, 5) is 11.7. The molecule has 0 aliphatic carbocycles. The highest BCUT2D eigenvalue weighted by Gasteiger charge is 2.31. The highest BCUT2D eigenvalue weighted by Crippen LogP contribution is 2.36. The lowest BCUT2D eigenvalue weighted by molar-refractivity contribution is -0.122. The molecule has 2 atom stereocenters. The molecule has 1 amide bonds. The molecule has 6 heteroatoms. The van der Waals surface area contributed by atoms with E-state index in [1.54, 1.807) is 11.8 Å². The quantitative estimate of drug-likeness (QED) is 0.823. The van der Waals surface area contributed by atoms with Gasteiger partial charge in [-0.2, -0.15) is 11.8 Å². The number of hydrogen-bond donors (Lipinski definition) is 2. The van der Waals surface area contributed by atoms with E-state index in [1.165, 1.54) is 18.6 Å². The lowest BCUT2D eigenvalue weighted by Crippen LogP contribution is -2.46. The minimum absolute atomic E-state index is 0. The molecule has 0 spiro atoms. The van der Waals surface area contributed by atoms with Gasteiger partial charge in [-0.15, -0.1) is 24.2 Å². The van der Waals surface area contributed by atoms with Crippen molar-refractivity contribution < 1.29 is 4.79 Å². The second kappa shape index (κ2) is 6.38. The third kappa shape index (κ3) is 3.72. The molecule has 2 aliphatic heterocycles.